The molecule has 0 spiro atoms. The fraction of sp³-hybridized carbons (Fsp3) is 0.0455. The number of halogens is 1. The smallest absolute Gasteiger partial charge is 0.291 e. The average molecular weight is 433 g/mol. The van der Waals surface area contributed by atoms with Crippen LogP contribution in [0, 0.1) is 15.9 Å². The van der Waals surface area contributed by atoms with E-state index in [0.29, 0.717) is 22.6 Å². The Bertz CT molecular complexity index is 1290. The second-order valence-electron chi connectivity index (χ2n) is 6.70. The highest BCUT2D eigenvalue weighted by Crippen LogP contribution is 2.24. The first-order valence-corrected chi connectivity index (χ1v) is 9.44. The Morgan fingerprint density at radius 2 is 1.94 bits per heavy atom. The number of benzene rings is 2. The van der Waals surface area contributed by atoms with Gasteiger partial charge in [-0.25, -0.2) is 9.82 Å². The number of aromatic nitrogens is 2. The first-order chi connectivity index (χ1) is 15.5. The van der Waals surface area contributed by atoms with Crippen molar-refractivity contribution in [1.82, 2.24) is 15.2 Å². The van der Waals surface area contributed by atoms with Crippen LogP contribution >= 0.6 is 0 Å². The van der Waals surface area contributed by atoms with Crippen LogP contribution in [0.1, 0.15) is 21.8 Å². The lowest BCUT2D eigenvalue weighted by Gasteiger charge is -2.03. The predicted octanol–water partition coefficient (Wildman–Crippen LogP) is 4.00. The van der Waals surface area contributed by atoms with Crippen molar-refractivity contribution in [1.29, 1.82) is 0 Å². The Kier molecular flexibility index (Phi) is 5.84. The van der Waals surface area contributed by atoms with Crippen LogP contribution in [0.4, 0.5) is 10.1 Å². The molecule has 2 aromatic carbocycles. The van der Waals surface area contributed by atoms with E-state index >= 15 is 0 Å². The Labute approximate surface area is 180 Å². The maximum Gasteiger partial charge on any atom is 0.291 e. The molecular weight excluding hydrogens is 417 g/mol. The average Bonchev–Trinajstić information content (AvgIpc) is 3.45. The van der Waals surface area contributed by atoms with Gasteiger partial charge in [-0.1, -0.05) is 18.2 Å². The van der Waals surface area contributed by atoms with Crippen molar-refractivity contribution < 1.29 is 18.5 Å². The molecular formula is C22H16FN5O4. The molecule has 160 valence electrons. The molecule has 0 radical (unpaired) electrons. The summed E-state index contributed by atoms with van der Waals surface area (Å²) in [6.07, 6.45) is 2.90. The summed E-state index contributed by atoms with van der Waals surface area (Å²) in [6, 6.07) is 17.1. The van der Waals surface area contributed by atoms with E-state index in [1.165, 1.54) is 35.2 Å². The Morgan fingerprint density at radius 1 is 1.16 bits per heavy atom. The molecule has 0 unspecified atom stereocenters. The lowest BCUT2D eigenvalue weighted by molar-refractivity contribution is -0.384. The molecule has 0 aliphatic carbocycles. The Hall–Kier alpha value is -4.60. The summed E-state index contributed by atoms with van der Waals surface area (Å²) in [6.45, 7) is 0.195. The van der Waals surface area contributed by atoms with Gasteiger partial charge >= 0.3 is 0 Å². The van der Waals surface area contributed by atoms with Crippen molar-refractivity contribution in [3.63, 3.8) is 0 Å². The minimum Gasteiger partial charge on any atom is -0.455 e. The monoisotopic (exact) mass is 433 g/mol. The van der Waals surface area contributed by atoms with Crippen LogP contribution in [0.25, 0.3) is 11.3 Å². The molecule has 0 saturated carbocycles. The molecule has 1 N–H and O–H groups in total. The number of nitrogens with zero attached hydrogens (tertiary/aromatic N) is 4. The van der Waals surface area contributed by atoms with Crippen molar-refractivity contribution in [2.45, 2.75) is 6.54 Å². The summed E-state index contributed by atoms with van der Waals surface area (Å²) >= 11 is 0. The maximum absolute atomic E-state index is 13.8. The lowest BCUT2D eigenvalue weighted by Crippen LogP contribution is -2.18. The summed E-state index contributed by atoms with van der Waals surface area (Å²) in [5.41, 5.74) is 3.59. The standard InChI is InChI=1S/C22H16FN5O4/c23-19-4-2-1-3-16(19)14-27-12-11-20(26-27)22(29)25-24-13-18-9-10-21(32-18)15-5-7-17(8-6-15)28(30)31/h1-13H,14H2,(H,25,29)/b24-13-. The van der Waals surface area contributed by atoms with Gasteiger partial charge in [-0.15, -0.1) is 0 Å². The summed E-state index contributed by atoms with van der Waals surface area (Å²) < 4.78 is 20.8. The third-order valence-corrected chi connectivity index (χ3v) is 4.51. The number of carbonyl (C=O) groups excluding carboxylic acids is 1. The van der Waals surface area contributed by atoms with Gasteiger partial charge in [0.05, 0.1) is 17.7 Å². The highest BCUT2D eigenvalue weighted by molar-refractivity contribution is 5.92. The van der Waals surface area contributed by atoms with Crippen LogP contribution in [0.15, 0.2) is 82.4 Å². The lowest BCUT2D eigenvalue weighted by atomic mass is 10.1. The van der Waals surface area contributed by atoms with Crippen molar-refractivity contribution >= 4 is 17.8 Å². The van der Waals surface area contributed by atoms with E-state index < -0.39 is 10.8 Å². The number of furan rings is 1. The number of amides is 1. The van der Waals surface area contributed by atoms with E-state index in [-0.39, 0.29) is 23.7 Å². The van der Waals surface area contributed by atoms with Crippen LogP contribution in [-0.4, -0.2) is 26.8 Å². The maximum atomic E-state index is 13.8. The zero-order valence-corrected chi connectivity index (χ0v) is 16.5. The third-order valence-electron chi connectivity index (χ3n) is 4.51. The molecule has 32 heavy (non-hydrogen) atoms. The molecule has 0 aliphatic heterocycles. The number of nitro groups is 1. The topological polar surface area (TPSA) is 116 Å². The van der Waals surface area contributed by atoms with Crippen LogP contribution in [0.3, 0.4) is 0 Å². The van der Waals surface area contributed by atoms with Crippen LogP contribution in [0.5, 0.6) is 0 Å². The number of nitrogens with one attached hydrogen (secondary N) is 1. The SMILES string of the molecule is O=C(N/N=C\c1ccc(-c2ccc([N+](=O)[O-])cc2)o1)c1ccn(Cc2ccccc2F)n1. The first-order valence-electron chi connectivity index (χ1n) is 9.44. The zero-order valence-electron chi connectivity index (χ0n) is 16.5. The Morgan fingerprint density at radius 3 is 2.69 bits per heavy atom. The fourth-order valence-corrected chi connectivity index (χ4v) is 2.91. The van der Waals surface area contributed by atoms with Gasteiger partial charge in [-0.05, 0) is 36.4 Å². The van der Waals surface area contributed by atoms with Crippen LogP contribution in [-0.2, 0) is 6.54 Å². The fourth-order valence-electron chi connectivity index (χ4n) is 2.91. The molecule has 0 atom stereocenters. The zero-order chi connectivity index (χ0) is 22.5. The van der Waals surface area contributed by atoms with E-state index in [2.05, 4.69) is 15.6 Å². The van der Waals surface area contributed by atoms with Gasteiger partial charge in [0.1, 0.15) is 17.3 Å². The largest absolute Gasteiger partial charge is 0.455 e. The van der Waals surface area contributed by atoms with Gasteiger partial charge in [0.15, 0.2) is 5.69 Å². The number of hydrazone groups is 1. The molecule has 0 fully saturated rings. The van der Waals surface area contributed by atoms with Crippen molar-refractivity contribution in [2.75, 3.05) is 0 Å². The molecule has 2 heterocycles. The van der Waals surface area contributed by atoms with Crippen LogP contribution in [0.2, 0.25) is 0 Å². The van der Waals surface area contributed by atoms with Crippen molar-refractivity contribution in [3.8, 4) is 11.3 Å². The van der Waals surface area contributed by atoms with Gasteiger partial charge in [-0.2, -0.15) is 10.2 Å². The molecule has 4 rings (SSSR count). The van der Waals surface area contributed by atoms with Gasteiger partial charge in [0, 0.05) is 29.5 Å². The molecule has 0 bridgehead atoms. The van der Waals surface area contributed by atoms with E-state index in [0.717, 1.165) is 0 Å². The number of non-ortho nitro benzene ring substituents is 1. The predicted molar refractivity (Wildman–Crippen MR) is 114 cm³/mol. The summed E-state index contributed by atoms with van der Waals surface area (Å²) in [7, 11) is 0. The van der Waals surface area contributed by atoms with Gasteiger partial charge in [0.25, 0.3) is 11.6 Å². The highest BCUT2D eigenvalue weighted by Gasteiger charge is 2.11. The molecule has 4 aromatic rings. The number of hydrogen-bond donors (Lipinski definition) is 1. The number of hydrogen-bond acceptors (Lipinski definition) is 6. The number of carbonyl (C=O) groups is 1. The molecule has 0 saturated heterocycles. The quantitative estimate of drug-likeness (QED) is 0.269. The summed E-state index contributed by atoms with van der Waals surface area (Å²) in [5.74, 6) is 0.00382. The summed E-state index contributed by atoms with van der Waals surface area (Å²) in [4.78, 5) is 22.5. The molecule has 2 aromatic heterocycles. The molecule has 10 heteroatoms. The Balaban J connectivity index is 1.35. The highest BCUT2D eigenvalue weighted by atomic mass is 19.1. The van der Waals surface area contributed by atoms with E-state index in [9.17, 15) is 19.3 Å². The molecule has 1 amide bonds. The molecule has 0 aliphatic rings. The second-order valence-corrected chi connectivity index (χ2v) is 6.70. The minimum absolute atomic E-state index is 0.0128. The van der Waals surface area contributed by atoms with Crippen LogP contribution < -0.4 is 5.43 Å². The first kappa shape index (κ1) is 20.7. The van der Waals surface area contributed by atoms with Gasteiger partial charge in [0.2, 0.25) is 0 Å². The normalized spacial score (nSPS) is 11.0. The van der Waals surface area contributed by atoms with Gasteiger partial charge in [-0.3, -0.25) is 19.6 Å². The second kappa shape index (κ2) is 9.04. The van der Waals surface area contributed by atoms with E-state index in [1.807, 2.05) is 0 Å². The number of rotatable bonds is 7. The summed E-state index contributed by atoms with van der Waals surface area (Å²) in [5, 5.41) is 18.7. The molecule has 9 nitrogen and oxygen atoms in total. The van der Waals surface area contributed by atoms with E-state index in [1.54, 1.807) is 48.7 Å². The number of nitro benzene ring substituents is 1. The van der Waals surface area contributed by atoms with Crippen molar-refractivity contribution in [2.24, 2.45) is 5.10 Å². The third kappa shape index (κ3) is 4.75. The van der Waals surface area contributed by atoms with E-state index in [4.69, 9.17) is 4.42 Å². The minimum atomic E-state index is -0.532. The van der Waals surface area contributed by atoms with Crippen molar-refractivity contribution in [3.05, 3.63) is 106 Å². The van der Waals surface area contributed by atoms with Gasteiger partial charge < -0.3 is 4.42 Å².